The summed E-state index contributed by atoms with van der Waals surface area (Å²) in [5.41, 5.74) is 6.50. The number of benzene rings is 1. The van der Waals surface area contributed by atoms with E-state index in [4.69, 9.17) is 15.2 Å². The summed E-state index contributed by atoms with van der Waals surface area (Å²) in [6.45, 7) is 3.06. The first-order valence-corrected chi connectivity index (χ1v) is 8.50. The number of hydrogen-bond donors (Lipinski definition) is 2. The molecule has 1 saturated heterocycles. The second-order valence-corrected chi connectivity index (χ2v) is 5.86. The minimum atomic E-state index is -4.69. The molecule has 1 aromatic carbocycles. The van der Waals surface area contributed by atoms with E-state index in [0.29, 0.717) is 13.2 Å². The van der Waals surface area contributed by atoms with Crippen molar-refractivity contribution in [3.63, 3.8) is 0 Å². The molecule has 0 amide bonds. The molecule has 26 heavy (non-hydrogen) atoms. The van der Waals surface area contributed by atoms with E-state index in [9.17, 15) is 13.2 Å². The van der Waals surface area contributed by atoms with Crippen molar-refractivity contribution in [1.82, 2.24) is 5.32 Å². The van der Waals surface area contributed by atoms with Gasteiger partial charge in [-0.3, -0.25) is 0 Å². The van der Waals surface area contributed by atoms with Crippen molar-refractivity contribution < 1.29 is 27.4 Å². The van der Waals surface area contributed by atoms with Gasteiger partial charge in [0.15, 0.2) is 5.96 Å². The van der Waals surface area contributed by atoms with Crippen LogP contribution in [-0.4, -0.2) is 44.8 Å². The summed E-state index contributed by atoms with van der Waals surface area (Å²) in [5, 5.41) is 2.98. The fraction of sp³-hybridized carbons (Fsp3) is 0.588. The van der Waals surface area contributed by atoms with Gasteiger partial charge in [-0.1, -0.05) is 12.1 Å². The Labute approximate surface area is 150 Å². The molecule has 0 aliphatic carbocycles. The number of aliphatic imine (C=N–C) groups is 1. The predicted octanol–water partition coefficient (Wildman–Crippen LogP) is 2.58. The van der Waals surface area contributed by atoms with E-state index < -0.39 is 6.36 Å². The number of halogens is 3. The summed E-state index contributed by atoms with van der Waals surface area (Å²) in [7, 11) is 0. The SMILES string of the molecule is NC(=NCc1ccc(OC(F)(F)F)cc1)NCCCOC1CCOCC1. The molecule has 0 radical (unpaired) electrons. The lowest BCUT2D eigenvalue weighted by Gasteiger charge is -2.22. The first-order valence-electron chi connectivity index (χ1n) is 8.50. The number of nitrogens with two attached hydrogens (primary N) is 1. The van der Waals surface area contributed by atoms with E-state index >= 15 is 0 Å². The fourth-order valence-corrected chi connectivity index (χ4v) is 2.41. The lowest BCUT2D eigenvalue weighted by atomic mass is 10.1. The van der Waals surface area contributed by atoms with Crippen LogP contribution < -0.4 is 15.8 Å². The zero-order valence-corrected chi connectivity index (χ0v) is 14.4. The number of hydrogen-bond acceptors (Lipinski definition) is 4. The molecule has 9 heteroatoms. The molecular weight excluding hydrogens is 351 g/mol. The molecule has 0 spiro atoms. The maximum Gasteiger partial charge on any atom is 0.573 e. The molecule has 0 saturated carbocycles. The quantitative estimate of drug-likeness (QED) is 0.415. The molecule has 3 N–H and O–H groups in total. The minimum Gasteiger partial charge on any atom is -0.406 e. The summed E-state index contributed by atoms with van der Waals surface area (Å²) in [5.74, 6) is 0.0209. The summed E-state index contributed by atoms with van der Waals surface area (Å²) in [6, 6.07) is 5.52. The van der Waals surface area contributed by atoms with Gasteiger partial charge >= 0.3 is 6.36 Å². The molecule has 0 bridgehead atoms. The Morgan fingerprint density at radius 3 is 2.58 bits per heavy atom. The largest absolute Gasteiger partial charge is 0.573 e. The number of nitrogens with one attached hydrogen (secondary N) is 1. The summed E-state index contributed by atoms with van der Waals surface area (Å²) in [6.07, 6.45) is -1.74. The van der Waals surface area contributed by atoms with Crippen LogP contribution in [0.2, 0.25) is 0 Å². The summed E-state index contributed by atoms with van der Waals surface area (Å²) >= 11 is 0. The van der Waals surface area contributed by atoms with Gasteiger partial charge in [0.2, 0.25) is 0 Å². The Balaban J connectivity index is 1.61. The first-order chi connectivity index (χ1) is 12.4. The number of alkyl halides is 3. The minimum absolute atomic E-state index is 0.263. The Hall–Kier alpha value is -2.00. The number of guanidine groups is 1. The van der Waals surface area contributed by atoms with Gasteiger partial charge in [-0.2, -0.15) is 0 Å². The van der Waals surface area contributed by atoms with Crippen molar-refractivity contribution in [2.24, 2.45) is 10.7 Å². The van der Waals surface area contributed by atoms with Gasteiger partial charge in [0.05, 0.1) is 12.6 Å². The van der Waals surface area contributed by atoms with Crippen LogP contribution in [0.1, 0.15) is 24.8 Å². The van der Waals surface area contributed by atoms with Gasteiger partial charge in [0, 0.05) is 26.4 Å². The molecule has 1 aromatic rings. The molecule has 1 aliphatic heterocycles. The van der Waals surface area contributed by atoms with Gasteiger partial charge in [0.1, 0.15) is 5.75 Å². The van der Waals surface area contributed by atoms with Crippen LogP contribution in [0, 0.1) is 0 Å². The van der Waals surface area contributed by atoms with E-state index in [1.807, 2.05) is 0 Å². The number of rotatable bonds is 8. The highest BCUT2D eigenvalue weighted by Crippen LogP contribution is 2.22. The third kappa shape index (κ3) is 8.39. The molecule has 0 atom stereocenters. The molecule has 1 fully saturated rings. The second-order valence-electron chi connectivity index (χ2n) is 5.86. The van der Waals surface area contributed by atoms with Gasteiger partial charge in [-0.05, 0) is 37.0 Å². The fourth-order valence-electron chi connectivity index (χ4n) is 2.41. The van der Waals surface area contributed by atoms with E-state index in [2.05, 4.69) is 15.0 Å². The van der Waals surface area contributed by atoms with Crippen LogP contribution in [0.5, 0.6) is 5.75 Å². The Morgan fingerprint density at radius 2 is 1.92 bits per heavy atom. The Morgan fingerprint density at radius 1 is 1.23 bits per heavy atom. The third-order valence-corrected chi connectivity index (χ3v) is 3.74. The van der Waals surface area contributed by atoms with Crippen molar-refractivity contribution >= 4 is 5.96 Å². The van der Waals surface area contributed by atoms with Crippen molar-refractivity contribution in [2.45, 2.75) is 38.3 Å². The molecule has 1 aliphatic rings. The average molecular weight is 375 g/mol. The average Bonchev–Trinajstić information content (AvgIpc) is 2.60. The topological polar surface area (TPSA) is 78.1 Å². The molecular formula is C17H24F3N3O3. The van der Waals surface area contributed by atoms with E-state index in [1.54, 1.807) is 0 Å². The van der Waals surface area contributed by atoms with Crippen molar-refractivity contribution in [2.75, 3.05) is 26.4 Å². The van der Waals surface area contributed by atoms with Crippen LogP contribution in [0.3, 0.4) is 0 Å². The van der Waals surface area contributed by atoms with Gasteiger partial charge in [-0.15, -0.1) is 13.2 Å². The highest BCUT2D eigenvalue weighted by Gasteiger charge is 2.30. The number of ether oxygens (including phenoxy) is 3. The van der Waals surface area contributed by atoms with Crippen LogP contribution in [0.25, 0.3) is 0 Å². The molecule has 1 heterocycles. The summed E-state index contributed by atoms with van der Waals surface area (Å²) < 4.78 is 51.1. The second kappa shape index (κ2) is 10.2. The highest BCUT2D eigenvalue weighted by molar-refractivity contribution is 5.77. The maximum absolute atomic E-state index is 12.1. The normalized spacial score (nSPS) is 16.5. The highest BCUT2D eigenvalue weighted by atomic mass is 19.4. The lowest BCUT2D eigenvalue weighted by molar-refractivity contribution is -0.274. The monoisotopic (exact) mass is 375 g/mol. The van der Waals surface area contributed by atoms with Crippen LogP contribution in [-0.2, 0) is 16.0 Å². The lowest BCUT2D eigenvalue weighted by Crippen LogP contribution is -2.33. The summed E-state index contributed by atoms with van der Waals surface area (Å²) in [4.78, 5) is 4.15. The molecule has 2 rings (SSSR count). The predicted molar refractivity (Wildman–Crippen MR) is 90.9 cm³/mol. The van der Waals surface area contributed by atoms with Gasteiger partial charge in [0.25, 0.3) is 0 Å². The van der Waals surface area contributed by atoms with Crippen LogP contribution in [0.15, 0.2) is 29.3 Å². The Bertz CT molecular complexity index is 559. The molecule has 146 valence electrons. The van der Waals surface area contributed by atoms with Crippen LogP contribution >= 0.6 is 0 Å². The standard InChI is InChI=1S/C17H24F3N3O3/c18-17(19,20)26-15-4-2-13(3-5-15)12-23-16(21)22-8-1-9-25-14-6-10-24-11-7-14/h2-5,14H,1,6-12H2,(H3,21,22,23). The van der Waals surface area contributed by atoms with Gasteiger partial charge in [-0.25, -0.2) is 4.99 Å². The van der Waals surface area contributed by atoms with Crippen LogP contribution in [0.4, 0.5) is 13.2 Å². The smallest absolute Gasteiger partial charge is 0.406 e. The van der Waals surface area contributed by atoms with Crippen molar-refractivity contribution in [3.8, 4) is 5.75 Å². The molecule has 0 unspecified atom stereocenters. The van der Waals surface area contributed by atoms with E-state index in [1.165, 1.54) is 24.3 Å². The first kappa shape index (κ1) is 20.3. The Kier molecular flexibility index (Phi) is 7.99. The third-order valence-electron chi connectivity index (χ3n) is 3.74. The van der Waals surface area contributed by atoms with E-state index in [-0.39, 0.29) is 24.4 Å². The zero-order valence-electron chi connectivity index (χ0n) is 14.4. The molecule has 6 nitrogen and oxygen atoms in total. The van der Waals surface area contributed by atoms with Gasteiger partial charge < -0.3 is 25.3 Å². The zero-order chi connectivity index (χ0) is 18.8. The maximum atomic E-state index is 12.1. The molecule has 0 aromatic heterocycles. The van der Waals surface area contributed by atoms with Crippen molar-refractivity contribution in [3.05, 3.63) is 29.8 Å². The van der Waals surface area contributed by atoms with Crippen molar-refractivity contribution in [1.29, 1.82) is 0 Å². The van der Waals surface area contributed by atoms with E-state index in [0.717, 1.165) is 38.0 Å². The number of nitrogens with zero attached hydrogens (tertiary/aromatic N) is 1.